The van der Waals surface area contributed by atoms with Gasteiger partial charge in [-0.05, 0) is 25.8 Å². The van der Waals surface area contributed by atoms with Gasteiger partial charge in [0.2, 0.25) is 0 Å². The van der Waals surface area contributed by atoms with E-state index in [1.165, 1.54) is 0 Å². The third-order valence-electron chi connectivity index (χ3n) is 3.15. The Hall–Kier alpha value is -1.59. The van der Waals surface area contributed by atoms with Crippen molar-refractivity contribution in [2.24, 2.45) is 5.73 Å². The molecular weight excluding hydrogens is 284 g/mol. The lowest BCUT2D eigenvalue weighted by atomic mass is 10.1. The number of benzene rings is 1. The second-order valence-corrected chi connectivity index (χ2v) is 5.91. The Labute approximate surface area is 129 Å². The number of nitrogens with zero attached hydrogens (tertiary/aromatic N) is 1. The van der Waals surface area contributed by atoms with Crippen molar-refractivity contribution in [3.63, 3.8) is 0 Å². The van der Waals surface area contributed by atoms with Crippen LogP contribution in [-0.2, 0) is 13.0 Å². The molecule has 1 unspecified atom stereocenters. The van der Waals surface area contributed by atoms with Gasteiger partial charge in [-0.25, -0.2) is 4.98 Å². The molecule has 0 radical (unpaired) electrons. The zero-order chi connectivity index (χ0) is 15.2. The third-order valence-corrected chi connectivity index (χ3v) is 4.11. The van der Waals surface area contributed by atoms with E-state index in [1.54, 1.807) is 18.4 Å². The van der Waals surface area contributed by atoms with Crippen molar-refractivity contribution < 1.29 is 9.47 Å². The van der Waals surface area contributed by atoms with E-state index in [9.17, 15) is 0 Å². The van der Waals surface area contributed by atoms with Crippen molar-refractivity contribution in [2.75, 3.05) is 7.11 Å². The van der Waals surface area contributed by atoms with Gasteiger partial charge in [0.15, 0.2) is 0 Å². The number of aromatic nitrogens is 1. The number of rotatable bonds is 7. The molecule has 2 aromatic rings. The minimum absolute atomic E-state index is 0.0861. The van der Waals surface area contributed by atoms with Gasteiger partial charge in [0.1, 0.15) is 18.1 Å². The van der Waals surface area contributed by atoms with Gasteiger partial charge in [-0.15, -0.1) is 11.3 Å². The molecule has 0 saturated heterocycles. The number of nitrogens with two attached hydrogens (primary N) is 1. The molecule has 0 saturated carbocycles. The summed E-state index contributed by atoms with van der Waals surface area (Å²) >= 11 is 1.69. The molecular formula is C16H22N2O2S. The van der Waals surface area contributed by atoms with Gasteiger partial charge in [-0.3, -0.25) is 0 Å². The van der Waals surface area contributed by atoms with Gasteiger partial charge in [0, 0.05) is 23.1 Å². The molecule has 0 aliphatic carbocycles. The zero-order valence-electron chi connectivity index (χ0n) is 12.8. The fourth-order valence-electron chi connectivity index (χ4n) is 2.04. The molecule has 21 heavy (non-hydrogen) atoms. The van der Waals surface area contributed by atoms with Crippen LogP contribution in [0.25, 0.3) is 0 Å². The average molecular weight is 306 g/mol. The number of hydrogen-bond donors (Lipinski definition) is 1. The van der Waals surface area contributed by atoms with Crippen molar-refractivity contribution in [3.8, 4) is 11.5 Å². The maximum absolute atomic E-state index is 5.98. The molecule has 4 nitrogen and oxygen atoms in total. The Morgan fingerprint density at radius 3 is 2.86 bits per heavy atom. The summed E-state index contributed by atoms with van der Waals surface area (Å²) in [6.45, 7) is 4.55. The lowest BCUT2D eigenvalue weighted by Crippen LogP contribution is -2.08. The predicted octanol–water partition coefficient (Wildman–Crippen LogP) is 3.70. The normalized spacial score (nSPS) is 12.2. The van der Waals surface area contributed by atoms with Crippen LogP contribution in [0, 0.1) is 0 Å². The van der Waals surface area contributed by atoms with Crippen LogP contribution in [0.1, 0.15) is 42.6 Å². The lowest BCUT2D eigenvalue weighted by molar-refractivity contribution is 0.295. The highest BCUT2D eigenvalue weighted by molar-refractivity contribution is 7.09. The van der Waals surface area contributed by atoms with Gasteiger partial charge >= 0.3 is 0 Å². The largest absolute Gasteiger partial charge is 0.497 e. The molecule has 1 aromatic heterocycles. The predicted molar refractivity (Wildman–Crippen MR) is 86.0 cm³/mol. The van der Waals surface area contributed by atoms with Gasteiger partial charge in [-0.1, -0.05) is 13.0 Å². The topological polar surface area (TPSA) is 57.4 Å². The summed E-state index contributed by atoms with van der Waals surface area (Å²) in [4.78, 5) is 4.56. The summed E-state index contributed by atoms with van der Waals surface area (Å²) in [5.74, 6) is 1.52. The highest BCUT2D eigenvalue weighted by Gasteiger charge is 2.11. The first-order valence-electron chi connectivity index (χ1n) is 7.13. The van der Waals surface area contributed by atoms with Crippen molar-refractivity contribution in [3.05, 3.63) is 39.8 Å². The molecule has 0 spiro atoms. The van der Waals surface area contributed by atoms with E-state index in [-0.39, 0.29) is 6.04 Å². The monoisotopic (exact) mass is 306 g/mol. The second kappa shape index (κ2) is 7.43. The second-order valence-electron chi connectivity index (χ2n) is 4.96. The van der Waals surface area contributed by atoms with Crippen molar-refractivity contribution in [2.45, 2.75) is 39.3 Å². The van der Waals surface area contributed by atoms with Crippen molar-refractivity contribution in [1.82, 2.24) is 4.98 Å². The summed E-state index contributed by atoms with van der Waals surface area (Å²) in [7, 11) is 1.64. The molecule has 2 N–H and O–H groups in total. The smallest absolute Gasteiger partial charge is 0.131 e. The number of aryl methyl sites for hydroxylation is 1. The molecule has 5 heteroatoms. The van der Waals surface area contributed by atoms with Crippen LogP contribution in [-0.4, -0.2) is 12.1 Å². The summed E-state index contributed by atoms with van der Waals surface area (Å²) < 4.78 is 11.1. The highest BCUT2D eigenvalue weighted by Crippen LogP contribution is 2.29. The fraction of sp³-hybridized carbons (Fsp3) is 0.438. The Morgan fingerprint density at radius 2 is 2.19 bits per heavy atom. The van der Waals surface area contributed by atoms with Crippen LogP contribution < -0.4 is 15.2 Å². The molecule has 114 valence electrons. The zero-order valence-corrected chi connectivity index (χ0v) is 13.6. The van der Waals surface area contributed by atoms with E-state index >= 15 is 0 Å². The molecule has 0 fully saturated rings. The number of methoxy groups -OCH3 is 1. The van der Waals surface area contributed by atoms with E-state index in [0.29, 0.717) is 6.61 Å². The average Bonchev–Trinajstić information content (AvgIpc) is 2.92. The van der Waals surface area contributed by atoms with E-state index < -0.39 is 0 Å². The Kier molecular flexibility index (Phi) is 5.59. The molecule has 0 bridgehead atoms. The SMILES string of the molecule is CCCc1nc(COc2cc(OC)ccc2C(C)N)cs1. The quantitative estimate of drug-likeness (QED) is 0.847. The Bertz CT molecular complexity index is 581. The molecule has 0 aliphatic rings. The van der Waals surface area contributed by atoms with Gasteiger partial charge < -0.3 is 15.2 Å². The van der Waals surface area contributed by atoms with Crippen LogP contribution in [0.3, 0.4) is 0 Å². The van der Waals surface area contributed by atoms with Crippen molar-refractivity contribution >= 4 is 11.3 Å². The first kappa shape index (κ1) is 15.8. The molecule has 1 heterocycles. The third kappa shape index (κ3) is 4.19. The maximum atomic E-state index is 5.98. The first-order chi connectivity index (χ1) is 10.1. The summed E-state index contributed by atoms with van der Waals surface area (Å²) in [5.41, 5.74) is 7.92. The molecule has 0 aliphatic heterocycles. The summed E-state index contributed by atoms with van der Waals surface area (Å²) in [6.07, 6.45) is 2.13. The van der Waals surface area contributed by atoms with Crippen LogP contribution >= 0.6 is 11.3 Å². The van der Waals surface area contributed by atoms with E-state index in [4.69, 9.17) is 15.2 Å². The Balaban J connectivity index is 2.10. The van der Waals surface area contributed by atoms with Crippen LogP contribution in [0.4, 0.5) is 0 Å². The van der Waals surface area contributed by atoms with Gasteiger partial charge in [0.05, 0.1) is 17.8 Å². The highest BCUT2D eigenvalue weighted by atomic mass is 32.1. The van der Waals surface area contributed by atoms with E-state index in [0.717, 1.165) is 40.6 Å². The maximum Gasteiger partial charge on any atom is 0.131 e. The van der Waals surface area contributed by atoms with Crippen LogP contribution in [0.2, 0.25) is 0 Å². The van der Waals surface area contributed by atoms with Crippen LogP contribution in [0.5, 0.6) is 11.5 Å². The van der Waals surface area contributed by atoms with Gasteiger partial charge in [0.25, 0.3) is 0 Å². The summed E-state index contributed by atoms with van der Waals surface area (Å²) in [6, 6.07) is 5.63. The molecule has 1 aromatic carbocycles. The number of thiazole rings is 1. The van der Waals surface area contributed by atoms with Gasteiger partial charge in [-0.2, -0.15) is 0 Å². The molecule has 0 amide bonds. The minimum Gasteiger partial charge on any atom is -0.497 e. The first-order valence-corrected chi connectivity index (χ1v) is 8.01. The van der Waals surface area contributed by atoms with Crippen molar-refractivity contribution in [1.29, 1.82) is 0 Å². The standard InChI is InChI=1S/C16H22N2O2S/c1-4-5-16-18-12(10-21-16)9-20-15-8-13(19-3)6-7-14(15)11(2)17/h6-8,10-11H,4-5,9,17H2,1-3H3. The lowest BCUT2D eigenvalue weighted by Gasteiger charge is -2.14. The Morgan fingerprint density at radius 1 is 1.38 bits per heavy atom. The summed E-state index contributed by atoms with van der Waals surface area (Å²) in [5, 5.41) is 3.21. The number of hydrogen-bond acceptors (Lipinski definition) is 5. The molecule has 2 rings (SSSR count). The van der Waals surface area contributed by atoms with E-state index in [1.807, 2.05) is 25.1 Å². The van der Waals surface area contributed by atoms with Crippen LogP contribution in [0.15, 0.2) is 23.6 Å². The minimum atomic E-state index is -0.0861. The fourth-order valence-corrected chi connectivity index (χ4v) is 2.92. The van der Waals surface area contributed by atoms with E-state index in [2.05, 4.69) is 17.3 Å². The molecule has 1 atom stereocenters. The number of ether oxygens (including phenoxy) is 2.